The summed E-state index contributed by atoms with van der Waals surface area (Å²) >= 11 is 0. The summed E-state index contributed by atoms with van der Waals surface area (Å²) in [5, 5.41) is 11.4. The molecule has 106 valence electrons. The van der Waals surface area contributed by atoms with Crippen LogP contribution in [0.3, 0.4) is 0 Å². The van der Waals surface area contributed by atoms with Gasteiger partial charge in [-0.1, -0.05) is 0 Å². The molecule has 0 saturated carbocycles. The lowest BCUT2D eigenvalue weighted by Crippen LogP contribution is -2.29. The quantitative estimate of drug-likeness (QED) is 0.710. The first-order valence-electron chi connectivity index (χ1n) is 5.52. The second kappa shape index (κ2) is 5.43. The van der Waals surface area contributed by atoms with Crippen molar-refractivity contribution in [2.24, 2.45) is 0 Å². The highest BCUT2D eigenvalue weighted by Gasteiger charge is 2.21. The average molecular weight is 288 g/mol. The zero-order valence-electron chi connectivity index (χ0n) is 10.9. The minimum Gasteiger partial charge on any atom is -0.477 e. The first-order chi connectivity index (χ1) is 8.63. The number of carboxylic acid groups (broad SMARTS) is 1. The third-order valence-electron chi connectivity index (χ3n) is 2.64. The first kappa shape index (κ1) is 15.2. The Morgan fingerprint density at radius 2 is 1.89 bits per heavy atom. The van der Waals surface area contributed by atoms with Gasteiger partial charge in [-0.25, -0.2) is 13.2 Å². The Kier molecular flexibility index (Phi) is 4.35. The Labute approximate surface area is 110 Å². The van der Waals surface area contributed by atoms with Crippen molar-refractivity contribution in [2.75, 3.05) is 18.6 Å². The Morgan fingerprint density at radius 1 is 1.32 bits per heavy atom. The van der Waals surface area contributed by atoms with Gasteiger partial charge < -0.3 is 15.4 Å². The van der Waals surface area contributed by atoms with E-state index in [2.05, 4.69) is 10.3 Å². The van der Waals surface area contributed by atoms with Gasteiger partial charge in [0.05, 0.1) is 11.3 Å². The summed E-state index contributed by atoms with van der Waals surface area (Å²) in [7, 11) is -3.15. The molecule has 0 fully saturated rings. The molecule has 0 spiro atoms. The van der Waals surface area contributed by atoms with Crippen molar-refractivity contribution in [3.63, 3.8) is 0 Å². The average Bonchev–Trinajstić information content (AvgIpc) is 2.52. The number of carbonyl (C=O) groups is 2. The van der Waals surface area contributed by atoms with Crippen LogP contribution in [0.5, 0.6) is 0 Å². The molecular weight excluding hydrogens is 272 g/mol. The number of sulfone groups is 1. The van der Waals surface area contributed by atoms with Crippen LogP contribution in [0.4, 0.5) is 0 Å². The van der Waals surface area contributed by atoms with Crippen molar-refractivity contribution < 1.29 is 23.1 Å². The van der Waals surface area contributed by atoms with E-state index in [1.165, 1.54) is 6.92 Å². The number of aryl methyl sites for hydroxylation is 1. The van der Waals surface area contributed by atoms with Crippen LogP contribution < -0.4 is 5.32 Å². The van der Waals surface area contributed by atoms with Crippen molar-refractivity contribution in [3.05, 3.63) is 22.5 Å². The predicted molar refractivity (Wildman–Crippen MR) is 69.3 cm³/mol. The summed E-state index contributed by atoms with van der Waals surface area (Å²) in [6.07, 6.45) is 1.08. The predicted octanol–water partition coefficient (Wildman–Crippen LogP) is 0.104. The van der Waals surface area contributed by atoms with E-state index in [9.17, 15) is 18.0 Å². The smallest absolute Gasteiger partial charge is 0.352 e. The Hall–Kier alpha value is -1.83. The summed E-state index contributed by atoms with van der Waals surface area (Å²) in [5.74, 6) is -1.79. The third-order valence-corrected chi connectivity index (χ3v) is 3.58. The highest BCUT2D eigenvalue weighted by Crippen LogP contribution is 2.17. The fourth-order valence-corrected chi connectivity index (χ4v) is 2.22. The van der Waals surface area contributed by atoms with Gasteiger partial charge in [-0.3, -0.25) is 4.79 Å². The van der Waals surface area contributed by atoms with Crippen molar-refractivity contribution in [1.82, 2.24) is 10.3 Å². The Bertz CT molecular complexity index is 615. The lowest BCUT2D eigenvalue weighted by Gasteiger charge is -2.05. The molecule has 8 heteroatoms. The van der Waals surface area contributed by atoms with Gasteiger partial charge >= 0.3 is 5.97 Å². The topological polar surface area (TPSA) is 116 Å². The number of carbonyl (C=O) groups excluding carboxylic acids is 1. The van der Waals surface area contributed by atoms with E-state index in [0.717, 1.165) is 6.26 Å². The molecule has 1 heterocycles. The molecule has 1 amide bonds. The molecule has 0 bridgehead atoms. The molecule has 1 aromatic rings. The number of rotatable bonds is 5. The van der Waals surface area contributed by atoms with E-state index in [1.807, 2.05) is 0 Å². The molecule has 0 aromatic carbocycles. The van der Waals surface area contributed by atoms with Crippen molar-refractivity contribution in [3.8, 4) is 0 Å². The monoisotopic (exact) mass is 288 g/mol. The second-order valence-corrected chi connectivity index (χ2v) is 6.58. The first-order valence-corrected chi connectivity index (χ1v) is 7.58. The van der Waals surface area contributed by atoms with Crippen LogP contribution in [-0.4, -0.2) is 48.9 Å². The molecule has 0 saturated heterocycles. The number of H-pyrrole nitrogens is 1. The maximum atomic E-state index is 11.9. The number of hydrogen-bond acceptors (Lipinski definition) is 4. The minimum absolute atomic E-state index is 0.00979. The van der Waals surface area contributed by atoms with Crippen LogP contribution in [0.2, 0.25) is 0 Å². The number of aromatic amines is 1. The van der Waals surface area contributed by atoms with Crippen LogP contribution in [0.15, 0.2) is 0 Å². The lowest BCUT2D eigenvalue weighted by molar-refractivity contribution is 0.0690. The maximum absolute atomic E-state index is 11.9. The van der Waals surface area contributed by atoms with Gasteiger partial charge in [0.2, 0.25) is 0 Å². The summed E-state index contributed by atoms with van der Waals surface area (Å²) in [6.45, 7) is 3.10. The molecule has 1 rings (SSSR count). The van der Waals surface area contributed by atoms with E-state index >= 15 is 0 Å². The van der Waals surface area contributed by atoms with E-state index < -0.39 is 21.7 Å². The molecular formula is C11H16N2O5S. The Morgan fingerprint density at radius 3 is 2.32 bits per heavy atom. The van der Waals surface area contributed by atoms with Gasteiger partial charge in [-0.05, 0) is 19.4 Å². The zero-order valence-corrected chi connectivity index (χ0v) is 11.7. The van der Waals surface area contributed by atoms with Gasteiger partial charge in [0.15, 0.2) is 0 Å². The standard InChI is InChI=1S/C11H16N2O5S/c1-6-8(7(2)13-9(6)11(15)16)10(14)12-4-5-19(3,17)18/h13H,4-5H2,1-3H3,(H,12,14)(H,15,16). The number of nitrogens with one attached hydrogen (secondary N) is 2. The molecule has 1 aromatic heterocycles. The van der Waals surface area contributed by atoms with Crippen molar-refractivity contribution in [1.29, 1.82) is 0 Å². The minimum atomic E-state index is -3.15. The fraction of sp³-hybridized carbons (Fsp3) is 0.455. The highest BCUT2D eigenvalue weighted by atomic mass is 32.2. The Balaban J connectivity index is 2.86. The normalized spacial score (nSPS) is 11.3. The molecule has 0 radical (unpaired) electrons. The van der Waals surface area contributed by atoms with Gasteiger partial charge in [0.1, 0.15) is 15.5 Å². The third kappa shape index (κ3) is 3.82. The van der Waals surface area contributed by atoms with E-state index in [-0.39, 0.29) is 23.6 Å². The summed E-state index contributed by atoms with van der Waals surface area (Å²) < 4.78 is 21.9. The molecule has 0 atom stereocenters. The fourth-order valence-electron chi connectivity index (χ4n) is 1.74. The van der Waals surface area contributed by atoms with Gasteiger partial charge in [-0.2, -0.15) is 0 Å². The summed E-state index contributed by atoms with van der Waals surface area (Å²) in [5.41, 5.74) is 0.977. The molecule has 0 aliphatic rings. The van der Waals surface area contributed by atoms with Crippen LogP contribution in [0.25, 0.3) is 0 Å². The summed E-state index contributed by atoms with van der Waals surface area (Å²) in [6, 6.07) is 0. The van der Waals surface area contributed by atoms with Crippen LogP contribution >= 0.6 is 0 Å². The molecule has 7 nitrogen and oxygen atoms in total. The van der Waals surface area contributed by atoms with Gasteiger partial charge in [-0.15, -0.1) is 0 Å². The summed E-state index contributed by atoms with van der Waals surface area (Å²) in [4.78, 5) is 25.4. The van der Waals surface area contributed by atoms with Crippen LogP contribution in [0, 0.1) is 13.8 Å². The van der Waals surface area contributed by atoms with E-state index in [1.54, 1.807) is 6.92 Å². The number of aromatic carboxylic acids is 1. The number of carboxylic acids is 1. The molecule has 19 heavy (non-hydrogen) atoms. The molecule has 0 aliphatic heterocycles. The number of amides is 1. The number of aromatic nitrogens is 1. The largest absolute Gasteiger partial charge is 0.477 e. The van der Waals surface area contributed by atoms with E-state index in [4.69, 9.17) is 5.11 Å². The van der Waals surface area contributed by atoms with Crippen LogP contribution in [-0.2, 0) is 9.84 Å². The zero-order chi connectivity index (χ0) is 14.8. The van der Waals surface area contributed by atoms with Gasteiger partial charge in [0.25, 0.3) is 5.91 Å². The number of hydrogen-bond donors (Lipinski definition) is 3. The van der Waals surface area contributed by atoms with Crippen molar-refractivity contribution >= 4 is 21.7 Å². The second-order valence-electron chi connectivity index (χ2n) is 4.32. The molecule has 0 aliphatic carbocycles. The maximum Gasteiger partial charge on any atom is 0.352 e. The SMILES string of the molecule is Cc1[nH]c(C(=O)O)c(C)c1C(=O)NCCS(C)(=O)=O. The van der Waals surface area contributed by atoms with Gasteiger partial charge in [0, 0.05) is 18.5 Å². The van der Waals surface area contributed by atoms with Crippen LogP contribution in [0.1, 0.15) is 32.1 Å². The lowest BCUT2D eigenvalue weighted by atomic mass is 10.1. The van der Waals surface area contributed by atoms with E-state index in [0.29, 0.717) is 11.3 Å². The molecule has 0 unspecified atom stereocenters. The molecule has 3 N–H and O–H groups in total. The van der Waals surface area contributed by atoms with Crippen molar-refractivity contribution in [2.45, 2.75) is 13.8 Å². The highest BCUT2D eigenvalue weighted by molar-refractivity contribution is 7.90.